The molecule has 0 aliphatic carbocycles. The van der Waals surface area contributed by atoms with Crippen LogP contribution < -0.4 is 10.6 Å². The monoisotopic (exact) mass is 375 g/mol. The summed E-state index contributed by atoms with van der Waals surface area (Å²) in [5.74, 6) is 1.26. The number of morpholine rings is 1. The summed E-state index contributed by atoms with van der Waals surface area (Å²) in [5, 5.41) is 0.224. The number of nitrogens with zero attached hydrogens (tertiary/aromatic N) is 5. The molecule has 0 radical (unpaired) electrons. The molecule has 4 rings (SSSR count). The van der Waals surface area contributed by atoms with Crippen LogP contribution in [0.1, 0.15) is 11.4 Å². The molecule has 0 amide bonds. The molecule has 2 aromatic rings. The number of carbonyl (C=O) groups excluding carboxylic acids is 1. The van der Waals surface area contributed by atoms with Gasteiger partial charge in [-0.15, -0.1) is 0 Å². The fraction of sp³-hybridized carbons (Fsp3) is 0.375. The third-order valence-corrected chi connectivity index (χ3v) is 4.75. The van der Waals surface area contributed by atoms with Gasteiger partial charge in [-0.2, -0.15) is 4.98 Å². The molecular formula is C16H18ClN7O2. The summed E-state index contributed by atoms with van der Waals surface area (Å²) in [6, 6.07) is -0.549. The molecule has 10 heteroatoms. The molecule has 3 N–H and O–H groups in total. The summed E-state index contributed by atoms with van der Waals surface area (Å²) >= 11 is 6.36. The van der Waals surface area contributed by atoms with Gasteiger partial charge in [0.25, 0.3) is 0 Å². The van der Waals surface area contributed by atoms with E-state index in [1.807, 2.05) is 4.90 Å². The van der Waals surface area contributed by atoms with Crippen molar-refractivity contribution in [1.82, 2.24) is 24.8 Å². The highest BCUT2D eigenvalue weighted by Crippen LogP contribution is 2.42. The number of nitrogen functional groups attached to an aromatic ring is 1. The predicted molar refractivity (Wildman–Crippen MR) is 97.5 cm³/mol. The van der Waals surface area contributed by atoms with Gasteiger partial charge in [-0.25, -0.2) is 9.97 Å². The number of ether oxygens (including phenoxy) is 1. The van der Waals surface area contributed by atoms with Gasteiger partial charge in [0.2, 0.25) is 5.95 Å². The van der Waals surface area contributed by atoms with Crippen molar-refractivity contribution in [2.75, 3.05) is 43.6 Å². The first kappa shape index (κ1) is 17.0. The summed E-state index contributed by atoms with van der Waals surface area (Å²) in [6.07, 6.45) is 6.03. The van der Waals surface area contributed by atoms with Gasteiger partial charge in [-0.05, 0) is 11.6 Å². The SMILES string of the molecule is Nc1nc(Cl)c2c(n1)N(CN1CCOCC1)C(C=O)/C2=C\c1ncc[nH]1. The van der Waals surface area contributed by atoms with Crippen LogP contribution in [0.3, 0.4) is 0 Å². The van der Waals surface area contributed by atoms with Gasteiger partial charge >= 0.3 is 0 Å². The third kappa shape index (κ3) is 3.05. The Morgan fingerprint density at radius 3 is 2.88 bits per heavy atom. The maximum absolute atomic E-state index is 12.0. The number of aromatic nitrogens is 4. The van der Waals surface area contributed by atoms with Crippen LogP contribution in [-0.4, -0.2) is 70.1 Å². The summed E-state index contributed by atoms with van der Waals surface area (Å²) < 4.78 is 5.40. The number of carbonyl (C=O) groups is 1. The number of hydrogen-bond acceptors (Lipinski definition) is 8. The Morgan fingerprint density at radius 2 is 2.19 bits per heavy atom. The van der Waals surface area contributed by atoms with Gasteiger partial charge < -0.3 is 25.1 Å². The lowest BCUT2D eigenvalue weighted by molar-refractivity contribution is -0.108. The molecule has 2 aliphatic heterocycles. The number of aromatic amines is 1. The standard InChI is InChI=1S/C16H18ClN7O2/c17-14-13-10(7-12-19-1-2-20-12)11(8-25)24(15(13)22-16(18)21-14)9-23-3-5-26-6-4-23/h1-2,7-8,11H,3-6,9H2,(H,19,20)(H2,18,21,22)/b10-7+. The maximum atomic E-state index is 12.0. The highest BCUT2D eigenvalue weighted by Gasteiger charge is 2.38. The molecule has 0 bridgehead atoms. The Kier molecular flexibility index (Phi) is 4.58. The van der Waals surface area contributed by atoms with Crippen molar-refractivity contribution in [3.63, 3.8) is 0 Å². The first-order valence-electron chi connectivity index (χ1n) is 8.24. The lowest BCUT2D eigenvalue weighted by atomic mass is 10.0. The minimum Gasteiger partial charge on any atom is -0.379 e. The molecule has 1 fully saturated rings. The second-order valence-corrected chi connectivity index (χ2v) is 6.43. The van der Waals surface area contributed by atoms with Crippen molar-refractivity contribution < 1.29 is 9.53 Å². The van der Waals surface area contributed by atoms with Crippen LogP contribution in [-0.2, 0) is 9.53 Å². The van der Waals surface area contributed by atoms with Gasteiger partial charge in [0.1, 0.15) is 29.1 Å². The van der Waals surface area contributed by atoms with E-state index in [9.17, 15) is 4.79 Å². The van der Waals surface area contributed by atoms with E-state index >= 15 is 0 Å². The molecular weight excluding hydrogens is 358 g/mol. The van der Waals surface area contributed by atoms with Crippen molar-refractivity contribution in [2.45, 2.75) is 6.04 Å². The normalized spacial score (nSPS) is 22.0. The molecule has 0 spiro atoms. The Labute approximate surface area is 154 Å². The molecule has 1 unspecified atom stereocenters. The number of halogens is 1. The van der Waals surface area contributed by atoms with Crippen LogP contribution in [0.4, 0.5) is 11.8 Å². The van der Waals surface area contributed by atoms with E-state index in [-0.39, 0.29) is 11.1 Å². The topological polar surface area (TPSA) is 113 Å². The molecule has 136 valence electrons. The van der Waals surface area contributed by atoms with Gasteiger partial charge in [-0.3, -0.25) is 4.90 Å². The number of rotatable bonds is 4. The Bertz CT molecular complexity index is 833. The number of nitrogens with one attached hydrogen (secondary N) is 1. The maximum Gasteiger partial charge on any atom is 0.223 e. The minimum absolute atomic E-state index is 0.0737. The molecule has 9 nitrogen and oxygen atoms in total. The van der Waals surface area contributed by atoms with Crippen LogP contribution in [0.2, 0.25) is 5.15 Å². The minimum atomic E-state index is -0.549. The number of H-pyrrole nitrogens is 1. The molecule has 26 heavy (non-hydrogen) atoms. The zero-order valence-electron chi connectivity index (χ0n) is 13.9. The molecule has 1 saturated heterocycles. The predicted octanol–water partition coefficient (Wildman–Crippen LogP) is 0.653. The number of fused-ring (bicyclic) bond motifs is 1. The zero-order valence-corrected chi connectivity index (χ0v) is 14.7. The van der Waals surface area contributed by atoms with E-state index in [0.717, 1.165) is 19.4 Å². The zero-order chi connectivity index (χ0) is 18.1. The number of anilines is 2. The summed E-state index contributed by atoms with van der Waals surface area (Å²) in [7, 11) is 0. The largest absolute Gasteiger partial charge is 0.379 e. The number of hydrogen-bond donors (Lipinski definition) is 2. The fourth-order valence-electron chi connectivity index (χ4n) is 3.26. The molecule has 0 saturated carbocycles. The van der Waals surface area contributed by atoms with Gasteiger partial charge in [0.15, 0.2) is 0 Å². The Morgan fingerprint density at radius 1 is 1.38 bits per heavy atom. The number of nitrogens with two attached hydrogens (primary N) is 1. The van der Waals surface area contributed by atoms with Gasteiger partial charge in [0, 0.05) is 25.5 Å². The van der Waals surface area contributed by atoms with Gasteiger partial charge in [-0.1, -0.05) is 11.6 Å². The average Bonchev–Trinajstić information content (AvgIpc) is 3.23. The van der Waals surface area contributed by atoms with E-state index in [0.29, 0.717) is 42.7 Å². The number of aldehydes is 1. The van der Waals surface area contributed by atoms with Crippen LogP contribution in [0, 0.1) is 0 Å². The molecule has 4 heterocycles. The molecule has 0 aromatic carbocycles. The third-order valence-electron chi connectivity index (χ3n) is 4.47. The molecule has 1 atom stereocenters. The van der Waals surface area contributed by atoms with E-state index < -0.39 is 6.04 Å². The Balaban J connectivity index is 1.78. The van der Waals surface area contributed by atoms with E-state index in [1.165, 1.54) is 0 Å². The molecule has 2 aromatic heterocycles. The lowest BCUT2D eigenvalue weighted by Crippen LogP contribution is -2.47. The summed E-state index contributed by atoms with van der Waals surface area (Å²) in [4.78, 5) is 31.7. The summed E-state index contributed by atoms with van der Waals surface area (Å²) in [6.45, 7) is 3.40. The second-order valence-electron chi connectivity index (χ2n) is 6.07. The highest BCUT2D eigenvalue weighted by molar-refractivity contribution is 6.32. The van der Waals surface area contributed by atoms with Crippen LogP contribution in [0.5, 0.6) is 0 Å². The molecule has 2 aliphatic rings. The van der Waals surface area contributed by atoms with Crippen molar-refractivity contribution in [2.24, 2.45) is 0 Å². The number of imidazole rings is 1. The second kappa shape index (κ2) is 7.02. The lowest BCUT2D eigenvalue weighted by Gasteiger charge is -2.33. The first-order valence-corrected chi connectivity index (χ1v) is 8.61. The smallest absolute Gasteiger partial charge is 0.223 e. The van der Waals surface area contributed by atoms with E-state index in [2.05, 4.69) is 24.8 Å². The van der Waals surface area contributed by atoms with Crippen molar-refractivity contribution in [3.8, 4) is 0 Å². The Hall–Kier alpha value is -2.49. The summed E-state index contributed by atoms with van der Waals surface area (Å²) in [5.41, 5.74) is 7.11. The van der Waals surface area contributed by atoms with Crippen LogP contribution >= 0.6 is 11.6 Å². The van der Waals surface area contributed by atoms with Crippen molar-refractivity contribution in [1.29, 1.82) is 0 Å². The fourth-order valence-corrected chi connectivity index (χ4v) is 3.54. The van der Waals surface area contributed by atoms with Crippen LogP contribution in [0.15, 0.2) is 12.4 Å². The van der Waals surface area contributed by atoms with Crippen molar-refractivity contribution in [3.05, 3.63) is 28.9 Å². The first-order chi connectivity index (χ1) is 12.7. The highest BCUT2D eigenvalue weighted by atomic mass is 35.5. The average molecular weight is 376 g/mol. The van der Waals surface area contributed by atoms with Crippen LogP contribution in [0.25, 0.3) is 11.6 Å². The van der Waals surface area contributed by atoms with E-state index in [4.69, 9.17) is 22.1 Å². The quantitative estimate of drug-likeness (QED) is 0.591. The van der Waals surface area contributed by atoms with E-state index in [1.54, 1.807) is 18.5 Å². The van der Waals surface area contributed by atoms with Crippen molar-refractivity contribution >= 4 is 41.3 Å². The van der Waals surface area contributed by atoms with Gasteiger partial charge in [0.05, 0.1) is 25.4 Å².